The maximum atomic E-state index is 11.8. The molecule has 1 amide bonds. The Kier molecular flexibility index (Phi) is 4.29. The van der Waals surface area contributed by atoms with Crippen LogP contribution >= 0.6 is 0 Å². The molecule has 2 aromatic heterocycles. The molecule has 2 aliphatic rings. The first-order valence-corrected chi connectivity index (χ1v) is 9.77. The number of hydrogen-bond acceptors (Lipinski definition) is 7. The van der Waals surface area contributed by atoms with Crippen LogP contribution in [0.4, 0.5) is 0 Å². The molecule has 1 spiro atoms. The van der Waals surface area contributed by atoms with E-state index in [0.29, 0.717) is 36.9 Å². The van der Waals surface area contributed by atoms with E-state index in [1.165, 1.54) is 0 Å². The Labute approximate surface area is 167 Å². The van der Waals surface area contributed by atoms with Gasteiger partial charge in [-0.15, -0.1) is 0 Å². The third-order valence-electron chi connectivity index (χ3n) is 5.83. The Bertz CT molecular complexity index is 1060. The first-order valence-electron chi connectivity index (χ1n) is 9.77. The first-order chi connectivity index (χ1) is 14.0. The second-order valence-electron chi connectivity index (χ2n) is 7.77. The highest BCUT2D eigenvalue weighted by atomic mass is 16.5. The van der Waals surface area contributed by atoms with Gasteiger partial charge in [0.2, 0.25) is 5.89 Å². The topological polar surface area (TPSA) is 106 Å². The summed E-state index contributed by atoms with van der Waals surface area (Å²) >= 11 is 0. The fourth-order valence-corrected chi connectivity index (χ4v) is 4.13. The minimum Gasteiger partial charge on any atom is -0.508 e. The number of rotatable bonds is 3. The predicted molar refractivity (Wildman–Crippen MR) is 103 cm³/mol. The number of phenolic OH excluding ortho intramolecular Hbond substituents is 1. The number of nitrogens with zero attached hydrogens (tertiary/aromatic N) is 4. The molecule has 1 fully saturated rings. The third-order valence-corrected chi connectivity index (χ3v) is 5.83. The van der Waals surface area contributed by atoms with Gasteiger partial charge in [-0.05, 0) is 31.0 Å². The van der Waals surface area contributed by atoms with Crippen LogP contribution in [0.2, 0.25) is 0 Å². The molecule has 3 aromatic rings. The molecule has 9 heteroatoms. The molecule has 9 nitrogen and oxygen atoms in total. The Morgan fingerprint density at radius 3 is 2.93 bits per heavy atom. The van der Waals surface area contributed by atoms with E-state index in [1.54, 1.807) is 31.3 Å². The highest BCUT2D eigenvalue weighted by Gasteiger charge is 2.40. The van der Waals surface area contributed by atoms with Crippen molar-refractivity contribution in [1.29, 1.82) is 0 Å². The molecule has 1 aromatic carbocycles. The average molecular weight is 397 g/mol. The second kappa shape index (κ2) is 6.85. The molecular weight excluding hydrogens is 374 g/mol. The molecule has 5 rings (SSSR count). The Hall–Kier alpha value is -2.91. The zero-order valence-electron chi connectivity index (χ0n) is 16.2. The van der Waals surface area contributed by atoms with Crippen LogP contribution in [-0.2, 0) is 24.4 Å². The molecule has 0 atom stereocenters. The van der Waals surface area contributed by atoms with Crippen LogP contribution < -0.4 is 5.32 Å². The zero-order chi connectivity index (χ0) is 20.0. The predicted octanol–water partition coefficient (Wildman–Crippen LogP) is 1.65. The van der Waals surface area contributed by atoms with E-state index in [9.17, 15) is 9.90 Å². The number of carbonyl (C=O) groups excluding carboxylic acids is 1. The largest absolute Gasteiger partial charge is 0.508 e. The van der Waals surface area contributed by atoms with Crippen LogP contribution in [-0.4, -0.2) is 56.4 Å². The summed E-state index contributed by atoms with van der Waals surface area (Å²) < 4.78 is 13.9. The second-order valence-corrected chi connectivity index (χ2v) is 7.77. The maximum absolute atomic E-state index is 11.8. The smallest absolute Gasteiger partial charge is 0.271 e. The van der Waals surface area contributed by atoms with E-state index in [0.717, 1.165) is 37.1 Å². The lowest BCUT2D eigenvalue weighted by Crippen LogP contribution is -2.50. The van der Waals surface area contributed by atoms with Crippen molar-refractivity contribution in [2.24, 2.45) is 0 Å². The van der Waals surface area contributed by atoms with E-state index < -0.39 is 0 Å². The summed E-state index contributed by atoms with van der Waals surface area (Å²) in [7, 11) is 1.61. The van der Waals surface area contributed by atoms with Crippen molar-refractivity contribution in [2.45, 2.75) is 38.1 Å². The van der Waals surface area contributed by atoms with E-state index in [-0.39, 0.29) is 17.3 Å². The van der Waals surface area contributed by atoms with Gasteiger partial charge >= 0.3 is 0 Å². The SMILES string of the molecule is CNC(=O)c1cc2n(n1)CC1(CCN(Cc3nc4ccc(O)cc4o3)CC1)OC2. The summed E-state index contributed by atoms with van der Waals surface area (Å²) in [5.41, 5.74) is 2.47. The van der Waals surface area contributed by atoms with Crippen LogP contribution in [0.25, 0.3) is 11.1 Å². The third kappa shape index (κ3) is 3.36. The summed E-state index contributed by atoms with van der Waals surface area (Å²) in [6, 6.07) is 6.75. The van der Waals surface area contributed by atoms with Gasteiger partial charge in [-0.2, -0.15) is 5.10 Å². The van der Waals surface area contributed by atoms with Crippen molar-refractivity contribution < 1.29 is 19.1 Å². The normalized spacial score (nSPS) is 18.8. The van der Waals surface area contributed by atoms with Gasteiger partial charge in [-0.1, -0.05) is 0 Å². The highest BCUT2D eigenvalue weighted by molar-refractivity contribution is 5.92. The van der Waals surface area contributed by atoms with Crippen LogP contribution in [0.1, 0.15) is 34.9 Å². The number of oxazole rings is 1. The minimum atomic E-state index is -0.247. The van der Waals surface area contributed by atoms with E-state index >= 15 is 0 Å². The molecule has 1 saturated heterocycles. The molecule has 0 bridgehead atoms. The number of amides is 1. The fourth-order valence-electron chi connectivity index (χ4n) is 4.13. The van der Waals surface area contributed by atoms with Gasteiger partial charge in [-0.3, -0.25) is 14.4 Å². The molecular formula is C20H23N5O4. The summed E-state index contributed by atoms with van der Waals surface area (Å²) in [6.45, 7) is 3.49. The van der Waals surface area contributed by atoms with Gasteiger partial charge in [0.05, 0.1) is 31.0 Å². The first kappa shape index (κ1) is 18.1. The fraction of sp³-hybridized carbons (Fsp3) is 0.450. The van der Waals surface area contributed by atoms with Crippen LogP contribution in [0.5, 0.6) is 5.75 Å². The molecule has 29 heavy (non-hydrogen) atoms. The molecule has 2 N–H and O–H groups in total. The molecule has 0 saturated carbocycles. The molecule has 4 heterocycles. The quantitative estimate of drug-likeness (QED) is 0.692. The van der Waals surface area contributed by atoms with Crippen molar-refractivity contribution in [3.63, 3.8) is 0 Å². The van der Waals surface area contributed by atoms with Crippen LogP contribution in [0.3, 0.4) is 0 Å². The Morgan fingerprint density at radius 1 is 1.31 bits per heavy atom. The number of benzene rings is 1. The van der Waals surface area contributed by atoms with Gasteiger partial charge in [0.15, 0.2) is 11.3 Å². The number of piperidine rings is 1. The maximum Gasteiger partial charge on any atom is 0.271 e. The summed E-state index contributed by atoms with van der Waals surface area (Å²) in [5.74, 6) is 0.644. The number of phenols is 1. The minimum absolute atomic E-state index is 0.173. The molecule has 152 valence electrons. The van der Waals surface area contributed by atoms with E-state index in [2.05, 4.69) is 20.3 Å². The summed E-state index contributed by atoms with van der Waals surface area (Å²) in [6.07, 6.45) is 1.76. The summed E-state index contributed by atoms with van der Waals surface area (Å²) in [4.78, 5) is 18.6. The summed E-state index contributed by atoms with van der Waals surface area (Å²) in [5, 5.41) is 16.6. The van der Waals surface area contributed by atoms with Crippen LogP contribution in [0, 0.1) is 0 Å². The number of aromatic nitrogens is 3. The van der Waals surface area contributed by atoms with Gasteiger partial charge in [-0.25, -0.2) is 4.98 Å². The molecule has 2 aliphatic heterocycles. The van der Waals surface area contributed by atoms with Gasteiger partial charge in [0.25, 0.3) is 5.91 Å². The lowest BCUT2D eigenvalue weighted by Gasteiger charge is -2.43. The highest BCUT2D eigenvalue weighted by Crippen LogP contribution is 2.34. The standard InChI is InChI=1S/C20H23N5O4/c1-21-19(27)16-8-13-11-28-20(12-25(13)23-16)4-6-24(7-5-20)10-18-22-15-3-2-14(26)9-17(15)29-18/h2-3,8-9,26H,4-7,10-12H2,1H3,(H,21,27). The number of nitrogens with one attached hydrogen (secondary N) is 1. The van der Waals surface area contributed by atoms with Crippen molar-refractivity contribution in [2.75, 3.05) is 20.1 Å². The zero-order valence-corrected chi connectivity index (χ0v) is 16.2. The van der Waals surface area contributed by atoms with Crippen molar-refractivity contribution >= 4 is 17.0 Å². The number of carbonyl (C=O) groups is 1. The molecule has 0 radical (unpaired) electrons. The lowest BCUT2D eigenvalue weighted by molar-refractivity contribution is -0.124. The molecule has 0 aliphatic carbocycles. The average Bonchev–Trinajstić information content (AvgIpc) is 3.32. The molecule has 0 unspecified atom stereocenters. The van der Waals surface area contributed by atoms with Gasteiger partial charge in [0, 0.05) is 26.2 Å². The van der Waals surface area contributed by atoms with Gasteiger partial charge < -0.3 is 19.6 Å². The van der Waals surface area contributed by atoms with Crippen molar-refractivity contribution in [3.8, 4) is 5.75 Å². The van der Waals surface area contributed by atoms with E-state index in [1.807, 2.05) is 4.68 Å². The number of aromatic hydroxyl groups is 1. The van der Waals surface area contributed by atoms with E-state index in [4.69, 9.17) is 9.15 Å². The lowest BCUT2D eigenvalue weighted by atomic mass is 9.90. The number of ether oxygens (including phenoxy) is 1. The number of hydrogen-bond donors (Lipinski definition) is 2. The van der Waals surface area contributed by atoms with Crippen LogP contribution in [0.15, 0.2) is 28.7 Å². The Balaban J connectivity index is 1.24. The number of likely N-dealkylation sites (tertiary alicyclic amines) is 1. The monoisotopic (exact) mass is 397 g/mol. The van der Waals surface area contributed by atoms with Crippen molar-refractivity contribution in [1.82, 2.24) is 25.0 Å². The van der Waals surface area contributed by atoms with Crippen molar-refractivity contribution in [3.05, 3.63) is 41.5 Å². The van der Waals surface area contributed by atoms with Gasteiger partial charge in [0.1, 0.15) is 11.3 Å². The number of fused-ring (bicyclic) bond motifs is 2. The Morgan fingerprint density at radius 2 is 2.14 bits per heavy atom.